The molecule has 0 unspecified atom stereocenters. The van der Waals surface area contributed by atoms with Crippen LogP contribution in [0.25, 0.3) is 10.9 Å². The van der Waals surface area contributed by atoms with Crippen LogP contribution < -0.4 is 0 Å². The van der Waals surface area contributed by atoms with Crippen LogP contribution in [-0.2, 0) is 20.0 Å². The number of carbonyl (C=O) groups is 1. The molecule has 6 heteroatoms. The predicted octanol–water partition coefficient (Wildman–Crippen LogP) is 1.61. The van der Waals surface area contributed by atoms with Gasteiger partial charge in [-0.3, -0.25) is 9.48 Å². The quantitative estimate of drug-likeness (QED) is 0.675. The van der Waals surface area contributed by atoms with Gasteiger partial charge in [-0.05, 0) is 13.0 Å². The molecule has 0 saturated heterocycles. The summed E-state index contributed by atoms with van der Waals surface area (Å²) in [4.78, 5) is 16.6. The van der Waals surface area contributed by atoms with Crippen molar-refractivity contribution in [1.29, 1.82) is 0 Å². The van der Waals surface area contributed by atoms with Crippen LogP contribution in [0.3, 0.4) is 0 Å². The highest BCUT2D eigenvalue weighted by molar-refractivity contribution is 6.06. The molecule has 102 valence electrons. The van der Waals surface area contributed by atoms with Crippen LogP contribution >= 0.6 is 0 Å². The smallest absolute Gasteiger partial charge is 0.191 e. The number of hydrogen-bond acceptors (Lipinski definition) is 4. The molecule has 0 amide bonds. The largest absolute Gasteiger partial charge is 0.292 e. The van der Waals surface area contributed by atoms with Crippen molar-refractivity contribution in [2.45, 2.75) is 19.9 Å². The number of para-hydroxylation sites is 1. The number of benzene rings is 1. The van der Waals surface area contributed by atoms with Crippen molar-refractivity contribution in [3.63, 3.8) is 0 Å². The number of carbonyl (C=O) groups excluding carboxylic acids is 1. The van der Waals surface area contributed by atoms with E-state index in [0.29, 0.717) is 18.1 Å². The summed E-state index contributed by atoms with van der Waals surface area (Å²) in [7, 11) is 1.84. The molecule has 3 aromatic rings. The molecule has 0 saturated carbocycles. The third-order valence-corrected chi connectivity index (χ3v) is 3.34. The van der Waals surface area contributed by atoms with E-state index in [0.717, 1.165) is 10.9 Å². The monoisotopic (exact) mass is 269 g/mol. The summed E-state index contributed by atoms with van der Waals surface area (Å²) in [6, 6.07) is 7.72. The summed E-state index contributed by atoms with van der Waals surface area (Å²) < 4.78 is 3.45. The van der Waals surface area contributed by atoms with Gasteiger partial charge >= 0.3 is 0 Å². The summed E-state index contributed by atoms with van der Waals surface area (Å²) in [6.07, 6.45) is 1.69. The van der Waals surface area contributed by atoms with Crippen molar-refractivity contribution in [3.8, 4) is 0 Å². The second kappa shape index (κ2) is 4.88. The lowest BCUT2D eigenvalue weighted by Crippen LogP contribution is -2.11. The highest BCUT2D eigenvalue weighted by Crippen LogP contribution is 2.18. The average Bonchev–Trinajstić information content (AvgIpc) is 3.04. The van der Waals surface area contributed by atoms with E-state index < -0.39 is 0 Å². The maximum atomic E-state index is 12.5. The highest BCUT2D eigenvalue weighted by Gasteiger charge is 2.18. The van der Waals surface area contributed by atoms with Gasteiger partial charge in [0.25, 0.3) is 0 Å². The molecular formula is C14H15N5O. The molecule has 3 rings (SSSR count). The standard InChI is InChI=1S/C14H15N5O/c1-3-19-13(15-9-16-19)8-12(20)14-10-6-4-5-7-11(10)18(2)17-14/h4-7,9H,3,8H2,1-2H3. The minimum Gasteiger partial charge on any atom is -0.292 e. The molecule has 20 heavy (non-hydrogen) atoms. The van der Waals surface area contributed by atoms with Gasteiger partial charge in [-0.25, -0.2) is 9.67 Å². The van der Waals surface area contributed by atoms with Crippen LogP contribution in [0.1, 0.15) is 23.2 Å². The van der Waals surface area contributed by atoms with E-state index >= 15 is 0 Å². The third-order valence-electron chi connectivity index (χ3n) is 3.34. The Morgan fingerprint density at radius 3 is 2.90 bits per heavy atom. The van der Waals surface area contributed by atoms with E-state index in [4.69, 9.17) is 0 Å². The molecule has 0 aliphatic heterocycles. The zero-order valence-corrected chi connectivity index (χ0v) is 11.4. The SMILES string of the molecule is CCn1ncnc1CC(=O)c1nn(C)c2ccccc12. The highest BCUT2D eigenvalue weighted by atomic mass is 16.1. The fourth-order valence-corrected chi connectivity index (χ4v) is 2.34. The van der Waals surface area contributed by atoms with E-state index in [9.17, 15) is 4.79 Å². The molecule has 1 aromatic carbocycles. The Morgan fingerprint density at radius 1 is 1.30 bits per heavy atom. The van der Waals surface area contributed by atoms with Crippen LogP contribution in [0, 0.1) is 0 Å². The van der Waals surface area contributed by atoms with Crippen molar-refractivity contribution in [1.82, 2.24) is 24.5 Å². The summed E-state index contributed by atoms with van der Waals surface area (Å²) in [5, 5.41) is 9.29. The summed E-state index contributed by atoms with van der Waals surface area (Å²) in [6.45, 7) is 2.67. The molecular weight excluding hydrogens is 254 g/mol. The second-order valence-electron chi connectivity index (χ2n) is 4.58. The Labute approximate surface area is 116 Å². The Kier molecular flexibility index (Phi) is 3.06. The number of fused-ring (bicyclic) bond motifs is 1. The van der Waals surface area contributed by atoms with Gasteiger partial charge in [-0.2, -0.15) is 10.2 Å². The van der Waals surface area contributed by atoms with E-state index in [1.54, 1.807) is 9.36 Å². The molecule has 0 bridgehead atoms. The normalized spacial score (nSPS) is 11.1. The number of rotatable bonds is 4. The van der Waals surface area contributed by atoms with Gasteiger partial charge in [0.1, 0.15) is 17.8 Å². The summed E-state index contributed by atoms with van der Waals surface area (Å²) in [5.74, 6) is 0.636. The average molecular weight is 269 g/mol. The maximum absolute atomic E-state index is 12.5. The minimum absolute atomic E-state index is 0.0375. The number of ketones is 1. The molecule has 0 atom stereocenters. The van der Waals surface area contributed by atoms with Crippen LogP contribution in [-0.4, -0.2) is 30.3 Å². The van der Waals surface area contributed by atoms with Gasteiger partial charge in [0, 0.05) is 19.0 Å². The number of hydrogen-bond donors (Lipinski definition) is 0. The van der Waals surface area contributed by atoms with Gasteiger partial charge < -0.3 is 0 Å². The van der Waals surface area contributed by atoms with Crippen molar-refractivity contribution >= 4 is 16.7 Å². The van der Waals surface area contributed by atoms with Gasteiger partial charge in [0.2, 0.25) is 0 Å². The first-order valence-corrected chi connectivity index (χ1v) is 6.52. The second-order valence-corrected chi connectivity index (χ2v) is 4.58. The van der Waals surface area contributed by atoms with E-state index in [2.05, 4.69) is 15.2 Å². The molecule has 0 fully saturated rings. The molecule has 0 N–H and O–H groups in total. The zero-order valence-electron chi connectivity index (χ0n) is 11.4. The first-order chi connectivity index (χ1) is 9.70. The molecule has 0 aliphatic carbocycles. The van der Waals surface area contributed by atoms with Crippen LogP contribution in [0.5, 0.6) is 0 Å². The number of aryl methyl sites for hydroxylation is 2. The molecule has 6 nitrogen and oxygen atoms in total. The van der Waals surface area contributed by atoms with Crippen LogP contribution in [0.2, 0.25) is 0 Å². The van der Waals surface area contributed by atoms with E-state index in [1.165, 1.54) is 6.33 Å². The molecule has 0 radical (unpaired) electrons. The zero-order chi connectivity index (χ0) is 14.1. The lowest BCUT2D eigenvalue weighted by molar-refractivity contribution is 0.0985. The van der Waals surface area contributed by atoms with Gasteiger partial charge in [0.15, 0.2) is 5.78 Å². The van der Waals surface area contributed by atoms with Crippen molar-refractivity contribution in [2.24, 2.45) is 7.05 Å². The Hall–Kier alpha value is -2.50. The summed E-state index contributed by atoms with van der Waals surface area (Å²) in [5.41, 5.74) is 1.45. The van der Waals surface area contributed by atoms with E-state index in [-0.39, 0.29) is 12.2 Å². The lowest BCUT2D eigenvalue weighted by atomic mass is 10.1. The maximum Gasteiger partial charge on any atom is 0.191 e. The number of aromatic nitrogens is 5. The number of Topliss-reactive ketones (excluding diaryl/α,β-unsaturated/α-hetero) is 1. The van der Waals surface area contributed by atoms with Crippen molar-refractivity contribution < 1.29 is 4.79 Å². The molecule has 0 spiro atoms. The number of nitrogens with zero attached hydrogens (tertiary/aromatic N) is 5. The molecule has 2 heterocycles. The van der Waals surface area contributed by atoms with E-state index in [1.807, 2.05) is 38.2 Å². The predicted molar refractivity (Wildman–Crippen MR) is 74.4 cm³/mol. The lowest BCUT2D eigenvalue weighted by Gasteiger charge is -2.01. The fraction of sp³-hybridized carbons (Fsp3) is 0.286. The van der Waals surface area contributed by atoms with Gasteiger partial charge in [-0.1, -0.05) is 18.2 Å². The Morgan fingerprint density at radius 2 is 2.10 bits per heavy atom. The minimum atomic E-state index is -0.0375. The van der Waals surface area contributed by atoms with Crippen LogP contribution in [0.4, 0.5) is 0 Å². The summed E-state index contributed by atoms with van der Waals surface area (Å²) >= 11 is 0. The van der Waals surface area contributed by atoms with Gasteiger partial charge in [0.05, 0.1) is 11.9 Å². The first kappa shape index (κ1) is 12.5. The molecule has 2 aromatic heterocycles. The van der Waals surface area contributed by atoms with Crippen molar-refractivity contribution in [2.75, 3.05) is 0 Å². The van der Waals surface area contributed by atoms with Crippen molar-refractivity contribution in [3.05, 3.63) is 42.1 Å². The van der Waals surface area contributed by atoms with Gasteiger partial charge in [-0.15, -0.1) is 0 Å². The Balaban J connectivity index is 1.97. The Bertz CT molecular complexity index is 771. The van der Waals surface area contributed by atoms with Crippen LogP contribution in [0.15, 0.2) is 30.6 Å². The first-order valence-electron chi connectivity index (χ1n) is 6.52. The molecule has 0 aliphatic rings. The fourth-order valence-electron chi connectivity index (χ4n) is 2.34. The third kappa shape index (κ3) is 1.99. The topological polar surface area (TPSA) is 65.6 Å².